The van der Waals surface area contributed by atoms with E-state index in [-0.39, 0.29) is 5.41 Å². The maximum absolute atomic E-state index is 11.9. The summed E-state index contributed by atoms with van der Waals surface area (Å²) in [4.78, 5) is 0. The van der Waals surface area contributed by atoms with Crippen molar-refractivity contribution in [3.8, 4) is 0 Å². The van der Waals surface area contributed by atoms with Crippen molar-refractivity contribution in [2.75, 3.05) is 13.1 Å². The van der Waals surface area contributed by atoms with Gasteiger partial charge in [-0.15, -0.1) is 0 Å². The number of nitrogens with one attached hydrogen (secondary N) is 1. The van der Waals surface area contributed by atoms with Crippen LogP contribution in [0.15, 0.2) is 0 Å². The Labute approximate surface area is 107 Å². The lowest BCUT2D eigenvalue weighted by molar-refractivity contribution is -0.857. The SMILES string of the molecule is CCCC[C@@H]1C(C)(C)CCC[NH+]([O-])CC1(C)C. The first-order valence-electron chi connectivity index (χ1n) is 7.31. The molecule has 0 radical (unpaired) electrons. The molecule has 1 N–H and O–H groups in total. The Kier molecular flexibility index (Phi) is 5.03. The van der Waals surface area contributed by atoms with Gasteiger partial charge in [-0.05, 0) is 30.6 Å². The Morgan fingerprint density at radius 3 is 2.41 bits per heavy atom. The minimum absolute atomic E-state index is 0.177. The lowest BCUT2D eigenvalue weighted by atomic mass is 9.60. The van der Waals surface area contributed by atoms with E-state index in [0.717, 1.165) is 19.5 Å². The van der Waals surface area contributed by atoms with Gasteiger partial charge in [0.1, 0.15) is 0 Å². The number of hydrogen-bond donors (Lipinski definition) is 1. The first kappa shape index (κ1) is 15.0. The van der Waals surface area contributed by atoms with E-state index < -0.39 is 0 Å². The Hall–Kier alpha value is -0.0800. The highest BCUT2D eigenvalue weighted by atomic mass is 16.5. The summed E-state index contributed by atoms with van der Waals surface area (Å²) in [5.74, 6) is 0.680. The average molecular weight is 241 g/mol. The third-order valence-electron chi connectivity index (χ3n) is 4.66. The van der Waals surface area contributed by atoms with Crippen molar-refractivity contribution >= 4 is 0 Å². The molecule has 17 heavy (non-hydrogen) atoms. The lowest BCUT2D eigenvalue weighted by Gasteiger charge is -2.48. The van der Waals surface area contributed by atoms with Crippen LogP contribution in [0, 0.1) is 22.0 Å². The number of hydrogen-bond acceptors (Lipinski definition) is 1. The van der Waals surface area contributed by atoms with Crippen LogP contribution in [0.25, 0.3) is 0 Å². The van der Waals surface area contributed by atoms with E-state index in [2.05, 4.69) is 34.6 Å². The molecule has 0 aromatic rings. The normalized spacial score (nSPS) is 32.8. The number of hydroxylamine groups is 2. The van der Waals surface area contributed by atoms with Crippen molar-refractivity contribution in [3.63, 3.8) is 0 Å². The van der Waals surface area contributed by atoms with E-state index in [9.17, 15) is 5.21 Å². The van der Waals surface area contributed by atoms with E-state index in [4.69, 9.17) is 0 Å². The molecular formula is C15H31NO. The maximum atomic E-state index is 11.9. The van der Waals surface area contributed by atoms with Crippen molar-refractivity contribution < 1.29 is 5.06 Å². The molecule has 2 heteroatoms. The van der Waals surface area contributed by atoms with Crippen molar-refractivity contribution in [2.24, 2.45) is 16.7 Å². The molecule has 102 valence electrons. The summed E-state index contributed by atoms with van der Waals surface area (Å²) in [6.45, 7) is 13.3. The van der Waals surface area contributed by atoms with Gasteiger partial charge in [0, 0.05) is 5.41 Å². The van der Waals surface area contributed by atoms with Crippen LogP contribution in [0.3, 0.4) is 0 Å². The zero-order chi connectivity index (χ0) is 13.1. The topological polar surface area (TPSA) is 27.5 Å². The molecule has 1 fully saturated rings. The first-order valence-corrected chi connectivity index (χ1v) is 7.31. The molecular weight excluding hydrogens is 210 g/mol. The zero-order valence-corrected chi connectivity index (χ0v) is 12.4. The third-order valence-corrected chi connectivity index (χ3v) is 4.66. The van der Waals surface area contributed by atoms with Crippen LogP contribution in [-0.2, 0) is 0 Å². The van der Waals surface area contributed by atoms with E-state index in [0.29, 0.717) is 16.4 Å². The molecule has 0 saturated carbocycles. The number of unbranched alkanes of at least 4 members (excludes halogenated alkanes) is 1. The van der Waals surface area contributed by atoms with Crippen molar-refractivity contribution in [1.29, 1.82) is 0 Å². The van der Waals surface area contributed by atoms with Gasteiger partial charge in [-0.2, -0.15) is 0 Å². The predicted molar refractivity (Wildman–Crippen MR) is 73.9 cm³/mol. The van der Waals surface area contributed by atoms with E-state index in [1.807, 2.05) is 0 Å². The molecule has 1 unspecified atom stereocenters. The highest BCUT2D eigenvalue weighted by Crippen LogP contribution is 2.46. The third kappa shape index (κ3) is 3.96. The van der Waals surface area contributed by atoms with Crippen molar-refractivity contribution in [1.82, 2.24) is 0 Å². The van der Waals surface area contributed by atoms with Gasteiger partial charge in [0.15, 0.2) is 0 Å². The van der Waals surface area contributed by atoms with Gasteiger partial charge in [0.2, 0.25) is 0 Å². The van der Waals surface area contributed by atoms with E-state index in [1.165, 1.54) is 25.7 Å². The maximum Gasteiger partial charge on any atom is 0.0822 e. The minimum Gasteiger partial charge on any atom is -0.634 e. The molecule has 1 aliphatic heterocycles. The van der Waals surface area contributed by atoms with Crippen LogP contribution in [0.4, 0.5) is 0 Å². The molecule has 1 aliphatic rings. The van der Waals surface area contributed by atoms with Crippen LogP contribution in [0.1, 0.15) is 66.7 Å². The zero-order valence-electron chi connectivity index (χ0n) is 12.4. The largest absolute Gasteiger partial charge is 0.634 e. The Balaban J connectivity index is 2.86. The van der Waals surface area contributed by atoms with Gasteiger partial charge in [-0.1, -0.05) is 47.5 Å². The molecule has 0 aliphatic carbocycles. The van der Waals surface area contributed by atoms with Gasteiger partial charge in [0.05, 0.1) is 13.1 Å². The summed E-state index contributed by atoms with van der Waals surface area (Å²) >= 11 is 0. The Morgan fingerprint density at radius 2 is 1.82 bits per heavy atom. The average Bonchev–Trinajstić information content (AvgIpc) is 2.14. The van der Waals surface area contributed by atoms with E-state index >= 15 is 0 Å². The molecule has 1 saturated heterocycles. The van der Waals surface area contributed by atoms with E-state index in [1.54, 1.807) is 0 Å². The first-order chi connectivity index (χ1) is 7.79. The molecule has 1 heterocycles. The molecule has 1 rings (SSSR count). The molecule has 0 aromatic heterocycles. The molecule has 0 bridgehead atoms. The summed E-state index contributed by atoms with van der Waals surface area (Å²) in [6.07, 6.45) is 6.13. The highest BCUT2D eigenvalue weighted by Gasteiger charge is 2.42. The minimum atomic E-state index is 0.177. The summed E-state index contributed by atoms with van der Waals surface area (Å²) in [5, 5.41) is 12.4. The van der Waals surface area contributed by atoms with Crippen LogP contribution in [0.5, 0.6) is 0 Å². The second-order valence-electron chi connectivity index (χ2n) is 7.24. The highest BCUT2D eigenvalue weighted by molar-refractivity contribution is 4.89. The predicted octanol–water partition coefficient (Wildman–Crippen LogP) is 3.02. The summed E-state index contributed by atoms with van der Waals surface area (Å²) < 4.78 is 0. The standard InChI is InChI=1S/C15H31NO/c1-6-7-9-13-14(2,3)10-8-11-16(17)12-15(13,4)5/h13,16H,6-12H2,1-5H3/t13-/m1/s1. The van der Waals surface area contributed by atoms with Gasteiger partial charge in [0.25, 0.3) is 0 Å². The van der Waals surface area contributed by atoms with Crippen LogP contribution in [0.2, 0.25) is 0 Å². The van der Waals surface area contributed by atoms with Gasteiger partial charge >= 0.3 is 0 Å². The van der Waals surface area contributed by atoms with Gasteiger partial charge in [-0.25, -0.2) is 0 Å². The monoisotopic (exact) mass is 241 g/mol. The Bertz CT molecular complexity index is 235. The number of quaternary nitrogens is 1. The fraction of sp³-hybridized carbons (Fsp3) is 1.00. The van der Waals surface area contributed by atoms with Crippen LogP contribution >= 0.6 is 0 Å². The van der Waals surface area contributed by atoms with Crippen molar-refractivity contribution in [3.05, 3.63) is 5.21 Å². The molecule has 0 spiro atoms. The second kappa shape index (κ2) is 5.71. The lowest BCUT2D eigenvalue weighted by Crippen LogP contribution is -3.09. The van der Waals surface area contributed by atoms with Crippen LogP contribution in [-0.4, -0.2) is 13.1 Å². The van der Waals surface area contributed by atoms with Crippen molar-refractivity contribution in [2.45, 2.75) is 66.7 Å². The molecule has 0 amide bonds. The second-order valence-corrected chi connectivity index (χ2v) is 7.24. The fourth-order valence-corrected chi connectivity index (χ4v) is 3.88. The quantitative estimate of drug-likeness (QED) is 0.756. The summed E-state index contributed by atoms with van der Waals surface area (Å²) in [5.41, 5.74) is 0.565. The molecule has 2 nitrogen and oxygen atoms in total. The Morgan fingerprint density at radius 1 is 1.18 bits per heavy atom. The fourth-order valence-electron chi connectivity index (χ4n) is 3.88. The van der Waals surface area contributed by atoms with Gasteiger partial charge in [-0.3, -0.25) is 0 Å². The van der Waals surface area contributed by atoms with Crippen LogP contribution < -0.4 is 5.06 Å². The summed E-state index contributed by atoms with van der Waals surface area (Å²) in [6, 6.07) is 0. The summed E-state index contributed by atoms with van der Waals surface area (Å²) in [7, 11) is 0. The smallest absolute Gasteiger partial charge is 0.0822 e. The molecule has 0 aromatic carbocycles. The number of rotatable bonds is 3. The molecule has 2 atom stereocenters. The van der Waals surface area contributed by atoms with Gasteiger partial charge < -0.3 is 10.3 Å².